The van der Waals surface area contributed by atoms with Crippen molar-refractivity contribution < 1.29 is 14.3 Å². The van der Waals surface area contributed by atoms with Crippen molar-refractivity contribution >= 4 is 5.91 Å². The molecule has 0 bridgehead atoms. The summed E-state index contributed by atoms with van der Waals surface area (Å²) in [5.74, 6) is 1.70. The summed E-state index contributed by atoms with van der Waals surface area (Å²) >= 11 is 0. The Bertz CT molecular complexity index is 574. The van der Waals surface area contributed by atoms with Gasteiger partial charge < -0.3 is 24.2 Å². The van der Waals surface area contributed by atoms with E-state index < -0.39 is 0 Å². The minimum Gasteiger partial charge on any atom is -0.493 e. The molecule has 1 aromatic carbocycles. The van der Waals surface area contributed by atoms with E-state index in [2.05, 4.69) is 23.9 Å². The molecule has 2 heterocycles. The number of piperazine rings is 1. The number of likely N-dealkylation sites (N-methyl/N-ethyl adjacent to an activating group) is 2. The highest BCUT2D eigenvalue weighted by atomic mass is 16.5. The van der Waals surface area contributed by atoms with Crippen LogP contribution in [0.3, 0.4) is 0 Å². The van der Waals surface area contributed by atoms with Gasteiger partial charge in [0.15, 0.2) is 11.5 Å². The Balaban J connectivity index is 1.46. The van der Waals surface area contributed by atoms with E-state index in [0.717, 1.165) is 31.1 Å². The summed E-state index contributed by atoms with van der Waals surface area (Å²) < 4.78 is 11.2. The number of methoxy groups -OCH3 is 1. The molecule has 0 N–H and O–H groups in total. The SMILES string of the molecule is COc1ccccc1OC1CN(C(=O)CC2CN(C)CCN2C)C1. The van der Waals surface area contributed by atoms with Crippen LogP contribution in [0.2, 0.25) is 0 Å². The predicted molar refractivity (Wildman–Crippen MR) is 92.5 cm³/mol. The van der Waals surface area contributed by atoms with Crippen molar-refractivity contribution in [3.63, 3.8) is 0 Å². The average Bonchev–Trinajstić information content (AvgIpc) is 2.54. The standard InChI is InChI=1S/C18H27N3O3/c1-19-8-9-20(2)14(11-19)10-18(22)21-12-15(13-21)24-17-7-5-4-6-16(17)23-3/h4-7,14-15H,8-13H2,1-3H3. The van der Waals surface area contributed by atoms with Crippen molar-refractivity contribution in [3.8, 4) is 11.5 Å². The Labute approximate surface area is 143 Å². The van der Waals surface area contributed by atoms with Crippen LogP contribution in [0.4, 0.5) is 0 Å². The maximum Gasteiger partial charge on any atom is 0.224 e. The van der Waals surface area contributed by atoms with Crippen LogP contribution in [0.25, 0.3) is 0 Å². The molecule has 3 rings (SSSR count). The summed E-state index contributed by atoms with van der Waals surface area (Å²) in [6.07, 6.45) is 0.638. The van der Waals surface area contributed by atoms with Gasteiger partial charge in [-0.15, -0.1) is 0 Å². The van der Waals surface area contributed by atoms with Crippen molar-refractivity contribution in [2.24, 2.45) is 0 Å². The molecule has 0 aliphatic carbocycles. The van der Waals surface area contributed by atoms with Gasteiger partial charge in [0.25, 0.3) is 0 Å². The van der Waals surface area contributed by atoms with Gasteiger partial charge in [-0.05, 0) is 26.2 Å². The van der Waals surface area contributed by atoms with E-state index in [1.165, 1.54) is 0 Å². The first-order chi connectivity index (χ1) is 11.6. The number of amides is 1. The highest BCUT2D eigenvalue weighted by Crippen LogP contribution is 2.29. The third kappa shape index (κ3) is 3.82. The van der Waals surface area contributed by atoms with Gasteiger partial charge in [0.05, 0.1) is 20.2 Å². The Morgan fingerprint density at radius 2 is 1.83 bits per heavy atom. The molecule has 24 heavy (non-hydrogen) atoms. The Kier molecular flexibility index (Phi) is 5.26. The second-order valence-electron chi connectivity index (χ2n) is 6.79. The molecule has 2 aliphatic heterocycles. The highest BCUT2D eigenvalue weighted by Gasteiger charge is 2.35. The van der Waals surface area contributed by atoms with Crippen molar-refractivity contribution in [2.45, 2.75) is 18.6 Å². The van der Waals surface area contributed by atoms with Crippen LogP contribution < -0.4 is 9.47 Å². The lowest BCUT2D eigenvalue weighted by molar-refractivity contribution is -0.141. The fourth-order valence-corrected chi connectivity index (χ4v) is 3.26. The highest BCUT2D eigenvalue weighted by molar-refractivity contribution is 5.77. The van der Waals surface area contributed by atoms with Gasteiger partial charge >= 0.3 is 0 Å². The number of rotatable bonds is 5. The molecule has 1 amide bonds. The number of ether oxygens (including phenoxy) is 2. The van der Waals surface area contributed by atoms with E-state index in [0.29, 0.717) is 25.6 Å². The average molecular weight is 333 g/mol. The van der Waals surface area contributed by atoms with Gasteiger partial charge in [0, 0.05) is 32.1 Å². The molecule has 1 atom stereocenters. The number of nitrogens with zero attached hydrogens (tertiary/aromatic N) is 3. The van der Waals surface area contributed by atoms with E-state index in [1.54, 1.807) is 7.11 Å². The van der Waals surface area contributed by atoms with Crippen LogP contribution in [0, 0.1) is 0 Å². The fraction of sp³-hybridized carbons (Fsp3) is 0.611. The number of likely N-dealkylation sites (tertiary alicyclic amines) is 1. The van der Waals surface area contributed by atoms with Crippen molar-refractivity contribution in [3.05, 3.63) is 24.3 Å². The third-order valence-electron chi connectivity index (χ3n) is 4.95. The van der Waals surface area contributed by atoms with Crippen LogP contribution in [-0.2, 0) is 4.79 Å². The van der Waals surface area contributed by atoms with Crippen LogP contribution in [0.15, 0.2) is 24.3 Å². The van der Waals surface area contributed by atoms with Crippen LogP contribution in [0.1, 0.15) is 6.42 Å². The van der Waals surface area contributed by atoms with Gasteiger partial charge in [0.2, 0.25) is 5.91 Å². The Morgan fingerprint density at radius 1 is 1.12 bits per heavy atom. The lowest BCUT2D eigenvalue weighted by Crippen LogP contribution is -2.58. The molecule has 0 aromatic heterocycles. The van der Waals surface area contributed by atoms with Crippen molar-refractivity contribution in [1.29, 1.82) is 0 Å². The number of carbonyl (C=O) groups excluding carboxylic acids is 1. The molecule has 0 saturated carbocycles. The zero-order chi connectivity index (χ0) is 17.1. The maximum absolute atomic E-state index is 12.5. The monoisotopic (exact) mass is 333 g/mol. The zero-order valence-electron chi connectivity index (χ0n) is 14.8. The molecule has 2 saturated heterocycles. The molecule has 1 aromatic rings. The Morgan fingerprint density at radius 3 is 2.54 bits per heavy atom. The van der Waals surface area contributed by atoms with Crippen LogP contribution in [0.5, 0.6) is 11.5 Å². The molecule has 1 unspecified atom stereocenters. The molecule has 0 spiro atoms. The minimum atomic E-state index is 0.0528. The predicted octanol–water partition coefficient (Wildman–Crippen LogP) is 0.921. The molecular formula is C18H27N3O3. The van der Waals surface area contributed by atoms with Crippen LogP contribution >= 0.6 is 0 Å². The smallest absolute Gasteiger partial charge is 0.224 e. The third-order valence-corrected chi connectivity index (χ3v) is 4.95. The van der Waals surface area contributed by atoms with Crippen molar-refractivity contribution in [1.82, 2.24) is 14.7 Å². The number of hydrogen-bond donors (Lipinski definition) is 0. The molecule has 2 fully saturated rings. The Hall–Kier alpha value is -1.79. The van der Waals surface area contributed by atoms with E-state index in [-0.39, 0.29) is 12.0 Å². The quantitative estimate of drug-likeness (QED) is 0.802. The van der Waals surface area contributed by atoms with Gasteiger partial charge in [-0.1, -0.05) is 12.1 Å². The van der Waals surface area contributed by atoms with E-state index in [1.807, 2.05) is 29.2 Å². The largest absolute Gasteiger partial charge is 0.493 e. The maximum atomic E-state index is 12.5. The molecule has 2 aliphatic rings. The summed E-state index contributed by atoms with van der Waals surface area (Å²) in [5, 5.41) is 0. The first kappa shape index (κ1) is 17.0. The second-order valence-corrected chi connectivity index (χ2v) is 6.79. The minimum absolute atomic E-state index is 0.0528. The summed E-state index contributed by atoms with van der Waals surface area (Å²) in [6.45, 7) is 4.36. The van der Waals surface area contributed by atoms with Gasteiger partial charge in [0.1, 0.15) is 6.10 Å². The molecule has 0 radical (unpaired) electrons. The molecular weight excluding hydrogens is 306 g/mol. The van der Waals surface area contributed by atoms with E-state index in [4.69, 9.17) is 9.47 Å². The first-order valence-corrected chi connectivity index (χ1v) is 8.53. The molecule has 6 nitrogen and oxygen atoms in total. The lowest BCUT2D eigenvalue weighted by Gasteiger charge is -2.42. The molecule has 6 heteroatoms. The van der Waals surface area contributed by atoms with Gasteiger partial charge in [-0.25, -0.2) is 0 Å². The number of benzene rings is 1. The normalized spacial score (nSPS) is 23.0. The summed E-state index contributed by atoms with van der Waals surface area (Å²) in [7, 11) is 5.86. The van der Waals surface area contributed by atoms with E-state index in [9.17, 15) is 4.79 Å². The topological polar surface area (TPSA) is 45.3 Å². The van der Waals surface area contributed by atoms with Gasteiger partial charge in [-0.2, -0.15) is 0 Å². The van der Waals surface area contributed by atoms with Gasteiger partial charge in [-0.3, -0.25) is 4.79 Å². The molecule has 132 valence electrons. The second kappa shape index (κ2) is 7.40. The number of hydrogen-bond acceptors (Lipinski definition) is 5. The summed E-state index contributed by atoms with van der Waals surface area (Å²) in [6, 6.07) is 7.93. The van der Waals surface area contributed by atoms with Crippen molar-refractivity contribution in [2.75, 3.05) is 53.9 Å². The summed E-state index contributed by atoms with van der Waals surface area (Å²) in [4.78, 5) is 18.9. The zero-order valence-corrected chi connectivity index (χ0v) is 14.8. The summed E-state index contributed by atoms with van der Waals surface area (Å²) in [5.41, 5.74) is 0. The first-order valence-electron chi connectivity index (χ1n) is 8.53. The van der Waals surface area contributed by atoms with E-state index >= 15 is 0 Å². The number of para-hydroxylation sites is 2. The fourth-order valence-electron chi connectivity index (χ4n) is 3.26. The van der Waals surface area contributed by atoms with Crippen LogP contribution in [-0.4, -0.2) is 86.7 Å². The number of carbonyl (C=O) groups is 1. The lowest BCUT2D eigenvalue weighted by atomic mass is 10.1.